The van der Waals surface area contributed by atoms with Gasteiger partial charge in [0.15, 0.2) is 11.5 Å². The lowest BCUT2D eigenvalue weighted by Crippen LogP contribution is -2.06. The number of ether oxygens (including phenoxy) is 4. The van der Waals surface area contributed by atoms with Crippen LogP contribution in [0.25, 0.3) is 22.7 Å². The molecule has 0 saturated heterocycles. The van der Waals surface area contributed by atoms with Crippen LogP contribution in [0.2, 0.25) is 0 Å². The van der Waals surface area contributed by atoms with E-state index in [1.165, 1.54) is 6.42 Å². The minimum Gasteiger partial charge on any atom is -0.498 e. The van der Waals surface area contributed by atoms with Gasteiger partial charge in [-0.15, -0.1) is 0 Å². The first-order valence-electron chi connectivity index (χ1n) is 11.5. The number of hydrogen-bond acceptors (Lipinski definition) is 7. The van der Waals surface area contributed by atoms with E-state index in [0.717, 1.165) is 41.1 Å². The van der Waals surface area contributed by atoms with Crippen molar-refractivity contribution < 1.29 is 18.9 Å². The highest BCUT2D eigenvalue weighted by Crippen LogP contribution is 2.34. The number of benzene rings is 1. The van der Waals surface area contributed by atoms with E-state index in [0.29, 0.717) is 30.2 Å². The van der Waals surface area contributed by atoms with Gasteiger partial charge in [0.05, 0.1) is 55.4 Å². The van der Waals surface area contributed by atoms with Crippen LogP contribution in [0.1, 0.15) is 37.9 Å². The van der Waals surface area contributed by atoms with Crippen molar-refractivity contribution in [1.82, 2.24) is 20.0 Å². The van der Waals surface area contributed by atoms with Crippen molar-refractivity contribution in [3.05, 3.63) is 66.9 Å². The average Bonchev–Trinajstić information content (AvgIpc) is 3.24. The summed E-state index contributed by atoms with van der Waals surface area (Å²) < 4.78 is 23.3. The number of aryl methyl sites for hydroxylation is 1. The molecule has 0 aliphatic rings. The van der Waals surface area contributed by atoms with E-state index in [4.69, 9.17) is 18.9 Å². The Morgan fingerprint density at radius 3 is 2.54 bits per heavy atom. The highest BCUT2D eigenvalue weighted by atomic mass is 16.5. The second-order valence-electron chi connectivity index (χ2n) is 7.64. The summed E-state index contributed by atoms with van der Waals surface area (Å²) in [6.45, 7) is 15.3. The molecule has 3 rings (SSSR count). The molecule has 3 aromatic rings. The molecule has 0 fully saturated rings. The lowest BCUT2D eigenvalue weighted by atomic mass is 10.1. The lowest BCUT2D eigenvalue weighted by Gasteiger charge is -2.13. The maximum atomic E-state index is 5.78. The normalized spacial score (nSPS) is 10.9. The summed E-state index contributed by atoms with van der Waals surface area (Å²) in [5.74, 6) is 2.16. The Labute approximate surface area is 207 Å². The van der Waals surface area contributed by atoms with Crippen molar-refractivity contribution in [3.8, 4) is 17.2 Å². The molecule has 35 heavy (non-hydrogen) atoms. The van der Waals surface area contributed by atoms with Gasteiger partial charge in [0, 0.05) is 18.6 Å². The molecule has 2 heterocycles. The predicted molar refractivity (Wildman–Crippen MR) is 140 cm³/mol. The molecule has 0 bridgehead atoms. The maximum absolute atomic E-state index is 5.78. The van der Waals surface area contributed by atoms with Crippen LogP contribution in [0.4, 0.5) is 0 Å². The van der Waals surface area contributed by atoms with Crippen molar-refractivity contribution in [2.75, 3.05) is 34.0 Å². The largest absolute Gasteiger partial charge is 0.498 e. The molecule has 0 saturated carbocycles. The molecule has 8 heteroatoms. The third-order valence-electron chi connectivity index (χ3n) is 5.05. The van der Waals surface area contributed by atoms with Gasteiger partial charge in [-0.3, -0.25) is 0 Å². The van der Waals surface area contributed by atoms with Gasteiger partial charge in [-0.1, -0.05) is 32.6 Å². The van der Waals surface area contributed by atoms with Gasteiger partial charge in [0.1, 0.15) is 6.61 Å². The third-order valence-corrected chi connectivity index (χ3v) is 5.05. The molecule has 0 atom stereocenters. The maximum Gasteiger partial charge on any atom is 0.163 e. The fraction of sp³-hybridized carbons (Fsp3) is 0.370. The minimum atomic E-state index is 0.422. The van der Waals surface area contributed by atoms with Crippen molar-refractivity contribution >= 4 is 17.0 Å². The van der Waals surface area contributed by atoms with Crippen molar-refractivity contribution in [2.45, 2.75) is 33.6 Å². The number of hydrogen-bond donors (Lipinski definition) is 0. The van der Waals surface area contributed by atoms with E-state index >= 15 is 0 Å². The first-order chi connectivity index (χ1) is 17.0. The SMILES string of the molecule is C=C/C=C(\C)OCCCC.C=Cc1c(C)cnn1-c1cnnc2cc(OC)c(OCCOC)cc12. The van der Waals surface area contributed by atoms with E-state index in [9.17, 15) is 0 Å². The van der Waals surface area contributed by atoms with Crippen molar-refractivity contribution in [3.63, 3.8) is 0 Å². The van der Waals surface area contributed by atoms with Crippen molar-refractivity contribution in [1.29, 1.82) is 0 Å². The van der Waals surface area contributed by atoms with Crippen molar-refractivity contribution in [2.24, 2.45) is 0 Å². The fourth-order valence-electron chi connectivity index (χ4n) is 3.20. The predicted octanol–water partition coefficient (Wildman–Crippen LogP) is 5.69. The number of allylic oxidation sites excluding steroid dienone is 3. The Balaban J connectivity index is 0.000000367. The Hall–Kier alpha value is -3.65. The van der Waals surface area contributed by atoms with E-state index in [-0.39, 0.29) is 0 Å². The van der Waals surface area contributed by atoms with Gasteiger partial charge < -0.3 is 18.9 Å². The number of methoxy groups -OCH3 is 2. The van der Waals surface area contributed by atoms with Gasteiger partial charge in [0.25, 0.3) is 0 Å². The molecule has 0 aliphatic heterocycles. The van der Waals surface area contributed by atoms with E-state index in [1.807, 2.05) is 26.0 Å². The van der Waals surface area contributed by atoms with Gasteiger partial charge >= 0.3 is 0 Å². The summed E-state index contributed by atoms with van der Waals surface area (Å²) in [6, 6.07) is 3.69. The fourth-order valence-corrected chi connectivity index (χ4v) is 3.20. The highest BCUT2D eigenvalue weighted by Gasteiger charge is 2.15. The topological polar surface area (TPSA) is 80.5 Å². The minimum absolute atomic E-state index is 0.422. The van der Waals surface area contributed by atoms with Gasteiger partial charge in [0.2, 0.25) is 0 Å². The van der Waals surface area contributed by atoms with Crippen LogP contribution in [-0.4, -0.2) is 54.0 Å². The summed E-state index contributed by atoms with van der Waals surface area (Å²) in [6.07, 6.45) is 11.2. The molecule has 0 spiro atoms. The van der Waals surface area contributed by atoms with Crippen LogP contribution in [0, 0.1) is 6.92 Å². The summed E-state index contributed by atoms with van der Waals surface area (Å²) in [4.78, 5) is 0. The van der Waals surface area contributed by atoms with E-state index in [2.05, 4.69) is 35.4 Å². The zero-order valence-electron chi connectivity index (χ0n) is 21.4. The average molecular weight is 481 g/mol. The van der Waals surface area contributed by atoms with Gasteiger partial charge in [-0.25, -0.2) is 4.68 Å². The van der Waals surface area contributed by atoms with E-state index in [1.54, 1.807) is 49.5 Å². The third kappa shape index (κ3) is 7.68. The number of nitrogens with zero attached hydrogens (tertiary/aromatic N) is 4. The van der Waals surface area contributed by atoms with Crippen LogP contribution in [0.15, 0.2) is 55.6 Å². The summed E-state index contributed by atoms with van der Waals surface area (Å²) in [5, 5.41) is 13.6. The highest BCUT2D eigenvalue weighted by molar-refractivity contribution is 5.89. The number of fused-ring (bicyclic) bond motifs is 1. The Kier molecular flexibility index (Phi) is 11.5. The smallest absolute Gasteiger partial charge is 0.163 e. The molecule has 0 radical (unpaired) electrons. The summed E-state index contributed by atoms with van der Waals surface area (Å²) in [5.41, 5.74) is 3.43. The zero-order chi connectivity index (χ0) is 25.6. The van der Waals surface area contributed by atoms with E-state index < -0.39 is 0 Å². The standard InChI is InChI=1S/C18H20N4O3.C9H16O/c1-5-15-12(2)10-20-22(15)16-11-19-21-14-9-17(24-4)18(8-13(14)16)25-7-6-23-3;1-4-6-8-10-9(3)7-5-2/h5,8-11H,1,6-7H2,2-4H3;5,7H,2,4,6,8H2,1,3H3/b;9-7+. The van der Waals surface area contributed by atoms with Crippen LogP contribution in [0.5, 0.6) is 11.5 Å². The molecule has 0 aliphatic carbocycles. The zero-order valence-corrected chi connectivity index (χ0v) is 21.4. The number of aromatic nitrogens is 4. The molecule has 8 nitrogen and oxygen atoms in total. The molecule has 0 unspecified atom stereocenters. The van der Waals surface area contributed by atoms with Gasteiger partial charge in [-0.2, -0.15) is 15.3 Å². The second kappa shape index (κ2) is 14.6. The Bertz CT molecular complexity index is 1140. The van der Waals surface area contributed by atoms with Crippen LogP contribution in [0.3, 0.4) is 0 Å². The molecular formula is C27H36N4O4. The van der Waals surface area contributed by atoms with Crippen LogP contribution < -0.4 is 9.47 Å². The quantitative estimate of drug-likeness (QED) is 0.187. The molecule has 188 valence electrons. The molecular weight excluding hydrogens is 444 g/mol. The lowest BCUT2D eigenvalue weighted by molar-refractivity contribution is 0.144. The summed E-state index contributed by atoms with van der Waals surface area (Å²) >= 11 is 0. The second-order valence-corrected chi connectivity index (χ2v) is 7.64. The van der Waals surface area contributed by atoms with Crippen LogP contribution >= 0.6 is 0 Å². The Morgan fingerprint density at radius 2 is 1.89 bits per heavy atom. The van der Waals surface area contributed by atoms with Crippen LogP contribution in [-0.2, 0) is 9.47 Å². The van der Waals surface area contributed by atoms with Gasteiger partial charge in [-0.05, 0) is 44.1 Å². The molecule has 2 aromatic heterocycles. The number of unbranched alkanes of at least 4 members (excludes halogenated alkanes) is 1. The first-order valence-corrected chi connectivity index (χ1v) is 11.5. The molecule has 1 aromatic carbocycles. The first kappa shape index (κ1) is 27.6. The monoisotopic (exact) mass is 480 g/mol. The summed E-state index contributed by atoms with van der Waals surface area (Å²) in [7, 11) is 3.22. The molecule has 0 N–H and O–H groups in total. The molecule has 0 amide bonds. The number of rotatable bonds is 12. The Morgan fingerprint density at radius 1 is 1.09 bits per heavy atom.